The summed E-state index contributed by atoms with van der Waals surface area (Å²) < 4.78 is 16.2. The van der Waals surface area contributed by atoms with Gasteiger partial charge in [-0.25, -0.2) is 0 Å². The number of amides is 1. The minimum absolute atomic E-state index is 0.0419. The number of aliphatic hydroxyl groups is 1. The monoisotopic (exact) mass is 410 g/mol. The van der Waals surface area contributed by atoms with Crippen LogP contribution in [0.15, 0.2) is 48.3 Å². The summed E-state index contributed by atoms with van der Waals surface area (Å²) in [7, 11) is 1.58. The summed E-state index contributed by atoms with van der Waals surface area (Å²) in [5.74, 6) is -0.557. The molecule has 3 heterocycles. The maximum Gasteiger partial charge on any atom is 0.295 e. The van der Waals surface area contributed by atoms with Gasteiger partial charge in [0.15, 0.2) is 11.5 Å². The van der Waals surface area contributed by atoms with E-state index in [1.54, 1.807) is 49.8 Å². The van der Waals surface area contributed by atoms with Gasteiger partial charge >= 0.3 is 0 Å². The summed E-state index contributed by atoms with van der Waals surface area (Å²) in [6.07, 6.45) is 3.75. The van der Waals surface area contributed by atoms with Crippen molar-refractivity contribution in [2.75, 3.05) is 33.5 Å². The number of carbonyl (C=O) groups is 2. The standard InChI is InChI=1S/C22H22N2O6/c1-28-10-2-9-24-19(14-5-7-23-8-6-14)18(21(26)22(24)27)20(25)15-3-4-16-17(13-15)30-12-11-29-16/h3-8,13,19,25H,2,9-12H2,1H3/b20-18+. The van der Waals surface area contributed by atoms with Crippen molar-refractivity contribution in [1.29, 1.82) is 0 Å². The van der Waals surface area contributed by atoms with Crippen molar-refractivity contribution in [2.24, 2.45) is 0 Å². The van der Waals surface area contributed by atoms with Crippen molar-refractivity contribution in [3.63, 3.8) is 0 Å². The van der Waals surface area contributed by atoms with Crippen LogP contribution < -0.4 is 9.47 Å². The number of aliphatic hydroxyl groups excluding tert-OH is 1. The van der Waals surface area contributed by atoms with Crippen molar-refractivity contribution in [3.8, 4) is 11.5 Å². The third-order valence-electron chi connectivity index (χ3n) is 5.12. The first-order chi connectivity index (χ1) is 14.6. The lowest BCUT2D eigenvalue weighted by molar-refractivity contribution is -0.140. The van der Waals surface area contributed by atoms with E-state index < -0.39 is 17.7 Å². The van der Waals surface area contributed by atoms with E-state index >= 15 is 0 Å². The van der Waals surface area contributed by atoms with E-state index in [2.05, 4.69) is 4.98 Å². The number of pyridine rings is 1. The van der Waals surface area contributed by atoms with Gasteiger partial charge in [0.05, 0.1) is 11.6 Å². The van der Waals surface area contributed by atoms with Crippen LogP contribution in [0, 0.1) is 0 Å². The summed E-state index contributed by atoms with van der Waals surface area (Å²) in [5, 5.41) is 11.1. The topological polar surface area (TPSA) is 98.2 Å². The number of Topliss-reactive ketones (excluding diaryl/α,β-unsaturated/α-hetero) is 1. The molecule has 1 aromatic carbocycles. The van der Waals surface area contributed by atoms with Crippen LogP contribution in [0.2, 0.25) is 0 Å². The maximum atomic E-state index is 12.9. The number of aromatic nitrogens is 1. The molecule has 8 heteroatoms. The van der Waals surface area contributed by atoms with E-state index in [4.69, 9.17) is 14.2 Å². The molecular formula is C22H22N2O6. The number of ketones is 1. The number of hydrogen-bond donors (Lipinski definition) is 1. The third-order valence-corrected chi connectivity index (χ3v) is 5.12. The SMILES string of the molecule is COCCCN1C(=O)C(=O)/C(=C(/O)c2ccc3c(c2)OCCO3)C1c1ccncc1. The average Bonchev–Trinajstić information content (AvgIpc) is 3.04. The molecule has 2 aromatic rings. The van der Waals surface area contributed by atoms with Crippen LogP contribution in [0.25, 0.3) is 5.76 Å². The third kappa shape index (κ3) is 3.61. The Labute approximate surface area is 173 Å². The molecule has 2 aliphatic rings. The molecule has 30 heavy (non-hydrogen) atoms. The quantitative estimate of drug-likeness (QED) is 0.338. The highest BCUT2D eigenvalue weighted by Gasteiger charge is 2.45. The molecule has 156 valence electrons. The van der Waals surface area contributed by atoms with E-state index in [0.717, 1.165) is 0 Å². The first kappa shape index (κ1) is 19.9. The molecule has 1 N–H and O–H groups in total. The molecule has 0 spiro atoms. The van der Waals surface area contributed by atoms with E-state index in [9.17, 15) is 14.7 Å². The lowest BCUT2D eigenvalue weighted by Gasteiger charge is -2.25. The molecule has 8 nitrogen and oxygen atoms in total. The Morgan fingerprint density at radius 1 is 1.17 bits per heavy atom. The van der Waals surface area contributed by atoms with E-state index in [1.165, 1.54) is 4.90 Å². The van der Waals surface area contributed by atoms with Crippen LogP contribution in [0.4, 0.5) is 0 Å². The fourth-order valence-corrected chi connectivity index (χ4v) is 3.73. The van der Waals surface area contributed by atoms with Crippen LogP contribution in [-0.2, 0) is 14.3 Å². The molecule has 1 amide bonds. The highest BCUT2D eigenvalue weighted by atomic mass is 16.6. The molecule has 0 saturated carbocycles. The van der Waals surface area contributed by atoms with Crippen LogP contribution in [0.3, 0.4) is 0 Å². The summed E-state index contributed by atoms with van der Waals surface area (Å²) in [5.41, 5.74) is 1.12. The fraction of sp³-hybridized carbons (Fsp3) is 0.318. The Balaban J connectivity index is 1.79. The van der Waals surface area contributed by atoms with Gasteiger partial charge in [0.2, 0.25) is 0 Å². The number of fused-ring (bicyclic) bond motifs is 1. The zero-order valence-electron chi connectivity index (χ0n) is 16.5. The summed E-state index contributed by atoms with van der Waals surface area (Å²) in [4.78, 5) is 31.2. The number of nitrogens with zero attached hydrogens (tertiary/aromatic N) is 2. The highest BCUT2D eigenvalue weighted by molar-refractivity contribution is 6.46. The highest BCUT2D eigenvalue weighted by Crippen LogP contribution is 2.40. The number of methoxy groups -OCH3 is 1. The molecule has 0 bridgehead atoms. The van der Waals surface area contributed by atoms with Crippen LogP contribution in [-0.4, -0.2) is 60.2 Å². The molecule has 1 aromatic heterocycles. The van der Waals surface area contributed by atoms with Crippen LogP contribution >= 0.6 is 0 Å². The Morgan fingerprint density at radius 3 is 2.63 bits per heavy atom. The molecule has 1 unspecified atom stereocenters. The summed E-state index contributed by atoms with van der Waals surface area (Å²) in [6.45, 7) is 1.63. The maximum absolute atomic E-state index is 12.9. The molecule has 0 radical (unpaired) electrons. The number of likely N-dealkylation sites (tertiary alicyclic amines) is 1. The van der Waals surface area contributed by atoms with Crippen molar-refractivity contribution < 1.29 is 28.9 Å². The van der Waals surface area contributed by atoms with E-state index in [0.29, 0.717) is 55.4 Å². The predicted octanol–water partition coefficient (Wildman–Crippen LogP) is 2.31. The molecular weight excluding hydrogens is 388 g/mol. The van der Waals surface area contributed by atoms with Crippen LogP contribution in [0.1, 0.15) is 23.6 Å². The molecule has 1 fully saturated rings. The molecule has 1 saturated heterocycles. The van der Waals surface area contributed by atoms with E-state index in [-0.39, 0.29) is 11.3 Å². The normalized spacial score (nSPS) is 19.9. The van der Waals surface area contributed by atoms with Gasteiger partial charge in [0.25, 0.3) is 11.7 Å². The lowest BCUT2D eigenvalue weighted by Crippen LogP contribution is -2.31. The van der Waals surface area contributed by atoms with Gasteiger partial charge in [0, 0.05) is 38.2 Å². The Morgan fingerprint density at radius 2 is 1.90 bits per heavy atom. The number of benzene rings is 1. The Bertz CT molecular complexity index is 988. The number of carbonyl (C=O) groups excluding carboxylic acids is 2. The number of hydrogen-bond acceptors (Lipinski definition) is 7. The van der Waals surface area contributed by atoms with Gasteiger partial charge in [-0.05, 0) is 42.3 Å². The lowest BCUT2D eigenvalue weighted by atomic mass is 9.95. The molecule has 2 aliphatic heterocycles. The minimum Gasteiger partial charge on any atom is -0.507 e. The first-order valence-corrected chi connectivity index (χ1v) is 9.69. The summed E-state index contributed by atoms with van der Waals surface area (Å²) >= 11 is 0. The Hall–Kier alpha value is -3.39. The van der Waals surface area contributed by atoms with Crippen LogP contribution in [0.5, 0.6) is 11.5 Å². The van der Waals surface area contributed by atoms with Gasteiger partial charge in [-0.15, -0.1) is 0 Å². The molecule has 0 aliphatic carbocycles. The molecule has 4 rings (SSSR count). The van der Waals surface area contributed by atoms with Gasteiger partial charge < -0.3 is 24.2 Å². The zero-order chi connectivity index (χ0) is 21.1. The van der Waals surface area contributed by atoms with Crippen molar-refractivity contribution in [1.82, 2.24) is 9.88 Å². The van der Waals surface area contributed by atoms with Gasteiger partial charge in [0.1, 0.15) is 19.0 Å². The summed E-state index contributed by atoms with van der Waals surface area (Å²) in [6, 6.07) is 7.70. The minimum atomic E-state index is -0.721. The number of rotatable bonds is 6. The van der Waals surface area contributed by atoms with Crippen molar-refractivity contribution in [3.05, 3.63) is 59.4 Å². The molecule has 1 atom stereocenters. The first-order valence-electron chi connectivity index (χ1n) is 9.69. The zero-order valence-corrected chi connectivity index (χ0v) is 16.5. The second kappa shape index (κ2) is 8.54. The number of ether oxygens (including phenoxy) is 3. The second-order valence-electron chi connectivity index (χ2n) is 6.98. The predicted molar refractivity (Wildman–Crippen MR) is 107 cm³/mol. The Kier molecular flexibility index (Phi) is 5.67. The smallest absolute Gasteiger partial charge is 0.295 e. The average molecular weight is 410 g/mol. The fourth-order valence-electron chi connectivity index (χ4n) is 3.73. The second-order valence-corrected chi connectivity index (χ2v) is 6.98. The van der Waals surface area contributed by atoms with Gasteiger partial charge in [-0.3, -0.25) is 14.6 Å². The van der Waals surface area contributed by atoms with Gasteiger partial charge in [-0.2, -0.15) is 0 Å². The largest absolute Gasteiger partial charge is 0.507 e. The van der Waals surface area contributed by atoms with Crippen molar-refractivity contribution >= 4 is 17.4 Å². The van der Waals surface area contributed by atoms with Crippen molar-refractivity contribution in [2.45, 2.75) is 12.5 Å². The van der Waals surface area contributed by atoms with Gasteiger partial charge in [-0.1, -0.05) is 0 Å². The van der Waals surface area contributed by atoms with E-state index in [1.807, 2.05) is 0 Å².